The number of benzene rings is 1. The number of aromatic nitrogens is 2. The first-order chi connectivity index (χ1) is 10.6. The van der Waals surface area contributed by atoms with Crippen LogP contribution < -0.4 is 5.32 Å². The highest BCUT2D eigenvalue weighted by atomic mass is 32.1. The third kappa shape index (κ3) is 2.82. The van der Waals surface area contributed by atoms with Crippen molar-refractivity contribution in [2.45, 2.75) is 13.5 Å². The Labute approximate surface area is 129 Å². The Morgan fingerprint density at radius 1 is 1.36 bits per heavy atom. The summed E-state index contributed by atoms with van der Waals surface area (Å²) in [7, 11) is 0. The van der Waals surface area contributed by atoms with Gasteiger partial charge in [-0.3, -0.25) is 10.1 Å². The van der Waals surface area contributed by atoms with Crippen LogP contribution in [0.25, 0.3) is 10.7 Å². The molecule has 8 heteroatoms. The molecule has 0 amide bonds. The first-order valence-electron chi connectivity index (χ1n) is 6.49. The van der Waals surface area contributed by atoms with Crippen LogP contribution in [0.15, 0.2) is 40.2 Å². The van der Waals surface area contributed by atoms with Gasteiger partial charge in [0.15, 0.2) is 0 Å². The van der Waals surface area contributed by atoms with Crippen molar-refractivity contribution in [1.29, 1.82) is 0 Å². The van der Waals surface area contributed by atoms with Crippen molar-refractivity contribution >= 4 is 22.7 Å². The van der Waals surface area contributed by atoms with E-state index in [0.29, 0.717) is 29.5 Å². The Bertz CT molecular complexity index is 798. The fraction of sp³-hybridized carbons (Fsp3) is 0.143. The summed E-state index contributed by atoms with van der Waals surface area (Å²) >= 11 is 1.53. The summed E-state index contributed by atoms with van der Waals surface area (Å²) in [6.45, 7) is 2.01. The number of hydrogen-bond acceptors (Lipinski definition) is 7. The molecule has 7 nitrogen and oxygen atoms in total. The van der Waals surface area contributed by atoms with Gasteiger partial charge >= 0.3 is 0 Å². The SMILES string of the molecule is Cc1c(NCc2nc(-c3cccs3)no2)cccc1[N+](=O)[O-]. The zero-order valence-corrected chi connectivity index (χ0v) is 12.5. The molecular weight excluding hydrogens is 304 g/mol. The van der Waals surface area contributed by atoms with Crippen LogP contribution in [0.3, 0.4) is 0 Å². The number of hydrogen-bond donors (Lipinski definition) is 1. The van der Waals surface area contributed by atoms with Crippen LogP contribution in [0, 0.1) is 17.0 Å². The third-order valence-corrected chi connectivity index (χ3v) is 4.01. The number of nitrogens with one attached hydrogen (secondary N) is 1. The highest BCUT2D eigenvalue weighted by molar-refractivity contribution is 7.13. The third-order valence-electron chi connectivity index (χ3n) is 3.14. The van der Waals surface area contributed by atoms with Crippen LogP contribution in [-0.2, 0) is 6.54 Å². The van der Waals surface area contributed by atoms with Gasteiger partial charge in [-0.15, -0.1) is 11.3 Å². The number of anilines is 1. The first kappa shape index (κ1) is 14.2. The molecule has 0 spiro atoms. The van der Waals surface area contributed by atoms with Gasteiger partial charge in [0.2, 0.25) is 11.7 Å². The average Bonchev–Trinajstić information content (AvgIpc) is 3.17. The van der Waals surface area contributed by atoms with Gasteiger partial charge in [-0.2, -0.15) is 4.98 Å². The minimum absolute atomic E-state index is 0.0785. The van der Waals surface area contributed by atoms with Crippen molar-refractivity contribution in [2.24, 2.45) is 0 Å². The van der Waals surface area contributed by atoms with Crippen molar-refractivity contribution in [2.75, 3.05) is 5.32 Å². The van der Waals surface area contributed by atoms with Gasteiger partial charge in [0.1, 0.15) is 0 Å². The monoisotopic (exact) mass is 316 g/mol. The van der Waals surface area contributed by atoms with Crippen molar-refractivity contribution in [3.8, 4) is 10.7 Å². The van der Waals surface area contributed by atoms with Crippen molar-refractivity contribution < 1.29 is 9.45 Å². The lowest BCUT2D eigenvalue weighted by atomic mass is 10.1. The average molecular weight is 316 g/mol. The molecule has 22 heavy (non-hydrogen) atoms. The van der Waals surface area contributed by atoms with Gasteiger partial charge in [0.05, 0.1) is 16.3 Å². The lowest BCUT2D eigenvalue weighted by molar-refractivity contribution is -0.385. The van der Waals surface area contributed by atoms with E-state index < -0.39 is 4.92 Å². The maximum absolute atomic E-state index is 10.9. The molecule has 1 aromatic carbocycles. The van der Waals surface area contributed by atoms with Gasteiger partial charge in [-0.05, 0) is 24.4 Å². The van der Waals surface area contributed by atoms with E-state index in [9.17, 15) is 10.1 Å². The summed E-state index contributed by atoms with van der Waals surface area (Å²) in [5.41, 5.74) is 1.32. The van der Waals surface area contributed by atoms with Crippen molar-refractivity contribution in [3.05, 3.63) is 57.3 Å². The molecule has 1 N–H and O–H groups in total. The quantitative estimate of drug-likeness (QED) is 0.570. The van der Waals surface area contributed by atoms with E-state index in [1.807, 2.05) is 17.5 Å². The van der Waals surface area contributed by atoms with Crippen LogP contribution >= 0.6 is 11.3 Å². The number of nitrogens with zero attached hydrogens (tertiary/aromatic N) is 3. The lowest BCUT2D eigenvalue weighted by Crippen LogP contribution is -2.03. The summed E-state index contributed by atoms with van der Waals surface area (Å²) in [6, 6.07) is 8.72. The summed E-state index contributed by atoms with van der Waals surface area (Å²) in [4.78, 5) is 15.7. The summed E-state index contributed by atoms with van der Waals surface area (Å²) < 4.78 is 5.18. The Morgan fingerprint density at radius 3 is 2.95 bits per heavy atom. The molecule has 3 rings (SSSR count). The van der Waals surface area contributed by atoms with E-state index in [1.165, 1.54) is 17.4 Å². The van der Waals surface area contributed by atoms with Gasteiger partial charge in [0.25, 0.3) is 5.69 Å². The zero-order chi connectivity index (χ0) is 15.5. The molecule has 0 aliphatic rings. The molecule has 2 aromatic heterocycles. The maximum Gasteiger partial charge on any atom is 0.274 e. The van der Waals surface area contributed by atoms with E-state index in [1.54, 1.807) is 19.1 Å². The molecule has 0 bridgehead atoms. The van der Waals surface area contributed by atoms with Gasteiger partial charge in [0, 0.05) is 17.3 Å². The van der Waals surface area contributed by atoms with Gasteiger partial charge in [-0.25, -0.2) is 0 Å². The normalized spacial score (nSPS) is 10.6. The predicted octanol–water partition coefficient (Wildman–Crippen LogP) is 3.63. The predicted molar refractivity (Wildman–Crippen MR) is 82.8 cm³/mol. The van der Waals surface area contributed by atoms with Crippen molar-refractivity contribution in [1.82, 2.24) is 10.1 Å². The minimum Gasteiger partial charge on any atom is -0.376 e. The number of thiophene rings is 1. The molecule has 0 saturated carbocycles. The fourth-order valence-electron chi connectivity index (χ4n) is 2.02. The molecule has 0 saturated heterocycles. The van der Waals surface area contributed by atoms with E-state index in [-0.39, 0.29) is 5.69 Å². The Hall–Kier alpha value is -2.74. The molecule has 0 aliphatic heterocycles. The minimum atomic E-state index is -0.401. The summed E-state index contributed by atoms with van der Waals surface area (Å²) in [5.74, 6) is 0.969. The standard InChI is InChI=1S/C14H12N4O3S/c1-9-10(4-2-5-11(9)18(19)20)15-8-13-16-14(17-21-13)12-6-3-7-22-12/h2-7,15H,8H2,1H3. The van der Waals surface area contributed by atoms with Crippen LogP contribution in [0.1, 0.15) is 11.5 Å². The van der Waals surface area contributed by atoms with Crippen molar-refractivity contribution in [3.63, 3.8) is 0 Å². The Balaban J connectivity index is 1.73. The molecule has 0 fully saturated rings. The van der Waals surface area contributed by atoms with E-state index in [0.717, 1.165) is 4.88 Å². The molecule has 0 atom stereocenters. The van der Waals surface area contributed by atoms with Gasteiger partial charge < -0.3 is 9.84 Å². The van der Waals surface area contributed by atoms with Crippen LogP contribution in [-0.4, -0.2) is 15.1 Å². The topological polar surface area (TPSA) is 94.1 Å². The van der Waals surface area contributed by atoms with E-state index >= 15 is 0 Å². The summed E-state index contributed by atoms with van der Waals surface area (Å²) in [6.07, 6.45) is 0. The van der Waals surface area contributed by atoms with Crippen LogP contribution in [0.4, 0.5) is 11.4 Å². The second-order valence-electron chi connectivity index (χ2n) is 4.55. The Morgan fingerprint density at radius 2 is 2.23 bits per heavy atom. The van der Waals surface area contributed by atoms with E-state index in [4.69, 9.17) is 4.52 Å². The number of nitro benzene ring substituents is 1. The fourth-order valence-corrected chi connectivity index (χ4v) is 2.67. The molecule has 3 aromatic rings. The molecule has 0 unspecified atom stereocenters. The second-order valence-corrected chi connectivity index (χ2v) is 5.50. The Kier molecular flexibility index (Phi) is 3.84. The summed E-state index contributed by atoms with van der Waals surface area (Å²) in [5, 5.41) is 19.9. The molecule has 0 aliphatic carbocycles. The first-order valence-corrected chi connectivity index (χ1v) is 7.37. The molecule has 112 valence electrons. The zero-order valence-electron chi connectivity index (χ0n) is 11.6. The molecule has 2 heterocycles. The second kappa shape index (κ2) is 5.94. The van der Waals surface area contributed by atoms with E-state index in [2.05, 4.69) is 15.5 Å². The number of nitro groups is 1. The lowest BCUT2D eigenvalue weighted by Gasteiger charge is -2.07. The maximum atomic E-state index is 10.9. The highest BCUT2D eigenvalue weighted by Gasteiger charge is 2.14. The highest BCUT2D eigenvalue weighted by Crippen LogP contribution is 2.26. The van der Waals surface area contributed by atoms with Crippen LogP contribution in [0.5, 0.6) is 0 Å². The van der Waals surface area contributed by atoms with Gasteiger partial charge in [-0.1, -0.05) is 17.3 Å². The largest absolute Gasteiger partial charge is 0.376 e. The van der Waals surface area contributed by atoms with Crippen LogP contribution in [0.2, 0.25) is 0 Å². The smallest absolute Gasteiger partial charge is 0.274 e. The molecular formula is C14H12N4O3S. The number of rotatable bonds is 5. The molecule has 0 radical (unpaired) electrons.